The number of hydrogen-bond acceptors (Lipinski definition) is 4. The summed E-state index contributed by atoms with van der Waals surface area (Å²) in [6.07, 6.45) is 0.881. The summed E-state index contributed by atoms with van der Waals surface area (Å²) in [6, 6.07) is 12.9. The van der Waals surface area contributed by atoms with Crippen molar-refractivity contribution in [3.8, 4) is 11.3 Å². The van der Waals surface area contributed by atoms with Crippen LogP contribution in [0.4, 0.5) is 0 Å². The minimum Gasteiger partial charge on any atom is -0.352 e. The Kier molecular flexibility index (Phi) is 5.98. The normalized spacial score (nSPS) is 15.0. The van der Waals surface area contributed by atoms with Crippen LogP contribution in [-0.4, -0.2) is 55.1 Å². The Hall–Kier alpha value is -2.44. The van der Waals surface area contributed by atoms with Gasteiger partial charge in [-0.25, -0.2) is 0 Å². The highest BCUT2D eigenvalue weighted by Crippen LogP contribution is 2.14. The number of aromatic nitrogens is 1. The number of piperazine rings is 1. The Morgan fingerprint density at radius 2 is 1.84 bits per heavy atom. The van der Waals surface area contributed by atoms with E-state index in [1.807, 2.05) is 30.3 Å². The molecule has 1 aromatic carbocycles. The van der Waals surface area contributed by atoms with Crippen molar-refractivity contribution < 1.29 is 4.79 Å². The van der Waals surface area contributed by atoms with Crippen molar-refractivity contribution in [1.82, 2.24) is 20.5 Å². The van der Waals surface area contributed by atoms with Crippen LogP contribution in [0, 0.1) is 0 Å². The second-order valence-electron chi connectivity index (χ2n) is 6.18. The third-order valence-corrected chi connectivity index (χ3v) is 4.39. The largest absolute Gasteiger partial charge is 0.352 e. The molecule has 0 unspecified atom stereocenters. The molecular weight excluding hydrogens is 316 g/mol. The second kappa shape index (κ2) is 8.60. The third kappa shape index (κ3) is 4.78. The Balaban J connectivity index is 1.52. The second-order valence-corrected chi connectivity index (χ2v) is 6.18. The molecule has 0 aliphatic carbocycles. The molecule has 1 aliphatic rings. The van der Waals surface area contributed by atoms with E-state index in [-0.39, 0.29) is 17.0 Å². The van der Waals surface area contributed by atoms with Crippen LogP contribution in [0.3, 0.4) is 0 Å². The molecule has 6 nitrogen and oxygen atoms in total. The summed E-state index contributed by atoms with van der Waals surface area (Å²) >= 11 is 0. The fourth-order valence-corrected chi connectivity index (χ4v) is 2.97. The van der Waals surface area contributed by atoms with E-state index in [0.717, 1.165) is 44.7 Å². The maximum atomic E-state index is 12.2. The molecule has 0 saturated carbocycles. The maximum absolute atomic E-state index is 12.2. The van der Waals surface area contributed by atoms with Crippen LogP contribution in [0.2, 0.25) is 0 Å². The highest BCUT2D eigenvalue weighted by atomic mass is 16.2. The lowest BCUT2D eigenvalue weighted by atomic mass is 10.1. The first-order valence-electron chi connectivity index (χ1n) is 8.74. The smallest absolute Gasteiger partial charge is 0.261 e. The van der Waals surface area contributed by atoms with E-state index in [0.29, 0.717) is 12.2 Å². The number of nitrogens with zero attached hydrogens (tertiary/aromatic N) is 1. The van der Waals surface area contributed by atoms with Crippen LogP contribution in [0.1, 0.15) is 16.8 Å². The Labute approximate surface area is 147 Å². The van der Waals surface area contributed by atoms with Gasteiger partial charge in [0, 0.05) is 38.4 Å². The molecule has 3 N–H and O–H groups in total. The standard InChI is InChI=1S/C19H24N4O2/c24-18(21-9-4-12-23-13-10-20-11-14-23)16-7-8-17(22-19(16)25)15-5-2-1-3-6-15/h1-3,5-8,20H,4,9-14H2,(H,21,24)(H,22,25). The molecule has 2 heterocycles. The summed E-state index contributed by atoms with van der Waals surface area (Å²) in [5.41, 5.74) is 1.42. The zero-order valence-electron chi connectivity index (χ0n) is 14.3. The number of carbonyl (C=O) groups excluding carboxylic acids is 1. The van der Waals surface area contributed by atoms with Gasteiger partial charge in [0.2, 0.25) is 0 Å². The fraction of sp³-hybridized carbons (Fsp3) is 0.368. The predicted molar refractivity (Wildman–Crippen MR) is 98.8 cm³/mol. The van der Waals surface area contributed by atoms with Gasteiger partial charge in [-0.05, 0) is 30.7 Å². The topological polar surface area (TPSA) is 77.2 Å². The lowest BCUT2D eigenvalue weighted by Crippen LogP contribution is -2.44. The number of amides is 1. The predicted octanol–water partition coefficient (Wildman–Crippen LogP) is 1.07. The van der Waals surface area contributed by atoms with Crippen molar-refractivity contribution >= 4 is 5.91 Å². The van der Waals surface area contributed by atoms with Crippen molar-refractivity contribution in [1.29, 1.82) is 0 Å². The van der Waals surface area contributed by atoms with Crippen molar-refractivity contribution in [2.45, 2.75) is 6.42 Å². The van der Waals surface area contributed by atoms with Crippen molar-refractivity contribution in [3.05, 3.63) is 58.4 Å². The average molecular weight is 340 g/mol. The molecule has 1 amide bonds. The van der Waals surface area contributed by atoms with Crippen molar-refractivity contribution in [3.63, 3.8) is 0 Å². The number of rotatable bonds is 6. The van der Waals surface area contributed by atoms with E-state index in [9.17, 15) is 9.59 Å². The summed E-state index contributed by atoms with van der Waals surface area (Å²) < 4.78 is 0. The number of aromatic amines is 1. The molecule has 0 atom stereocenters. The van der Waals surface area contributed by atoms with Gasteiger partial charge in [0.25, 0.3) is 11.5 Å². The molecule has 0 radical (unpaired) electrons. The van der Waals surface area contributed by atoms with Crippen LogP contribution in [-0.2, 0) is 0 Å². The molecule has 132 valence electrons. The van der Waals surface area contributed by atoms with Gasteiger partial charge >= 0.3 is 0 Å². The van der Waals surface area contributed by atoms with Gasteiger partial charge in [-0.1, -0.05) is 30.3 Å². The number of pyridine rings is 1. The van der Waals surface area contributed by atoms with Gasteiger partial charge in [-0.15, -0.1) is 0 Å². The van der Waals surface area contributed by atoms with E-state index in [2.05, 4.69) is 20.5 Å². The van der Waals surface area contributed by atoms with Crippen LogP contribution in [0.25, 0.3) is 11.3 Å². The van der Waals surface area contributed by atoms with Crippen LogP contribution < -0.4 is 16.2 Å². The van der Waals surface area contributed by atoms with Gasteiger partial charge in [0.05, 0.1) is 0 Å². The van der Waals surface area contributed by atoms with Gasteiger partial charge in [0.1, 0.15) is 5.56 Å². The first-order valence-corrected chi connectivity index (χ1v) is 8.74. The quantitative estimate of drug-likeness (QED) is 0.688. The number of H-pyrrole nitrogens is 1. The van der Waals surface area contributed by atoms with E-state index in [1.54, 1.807) is 12.1 Å². The highest BCUT2D eigenvalue weighted by Gasteiger charge is 2.12. The number of benzene rings is 1. The molecular formula is C19H24N4O2. The summed E-state index contributed by atoms with van der Waals surface area (Å²) in [5.74, 6) is -0.318. The molecule has 3 rings (SSSR count). The Morgan fingerprint density at radius 3 is 2.56 bits per heavy atom. The summed E-state index contributed by atoms with van der Waals surface area (Å²) in [4.78, 5) is 29.6. The Bertz CT molecular complexity index is 752. The van der Waals surface area contributed by atoms with E-state index in [4.69, 9.17) is 0 Å². The number of hydrogen-bond donors (Lipinski definition) is 3. The van der Waals surface area contributed by atoms with E-state index < -0.39 is 0 Å². The van der Waals surface area contributed by atoms with Crippen LogP contribution in [0.15, 0.2) is 47.3 Å². The maximum Gasteiger partial charge on any atom is 0.261 e. The van der Waals surface area contributed by atoms with Crippen molar-refractivity contribution in [2.75, 3.05) is 39.3 Å². The average Bonchev–Trinajstić information content (AvgIpc) is 2.66. The molecule has 1 saturated heterocycles. The zero-order valence-corrected chi connectivity index (χ0v) is 14.3. The summed E-state index contributed by atoms with van der Waals surface area (Å²) in [7, 11) is 0. The molecule has 1 fully saturated rings. The van der Waals surface area contributed by atoms with Gasteiger partial charge < -0.3 is 20.5 Å². The van der Waals surface area contributed by atoms with Gasteiger partial charge in [0.15, 0.2) is 0 Å². The lowest BCUT2D eigenvalue weighted by Gasteiger charge is -2.27. The van der Waals surface area contributed by atoms with E-state index in [1.165, 1.54) is 0 Å². The number of carbonyl (C=O) groups is 1. The SMILES string of the molecule is O=C(NCCCN1CCNCC1)c1ccc(-c2ccccc2)[nH]c1=O. The number of nitrogens with one attached hydrogen (secondary N) is 3. The van der Waals surface area contributed by atoms with Crippen molar-refractivity contribution in [2.24, 2.45) is 0 Å². The molecule has 0 spiro atoms. The van der Waals surface area contributed by atoms with Crippen LogP contribution in [0.5, 0.6) is 0 Å². The first-order chi connectivity index (χ1) is 12.2. The minimum absolute atomic E-state index is 0.154. The molecule has 6 heteroatoms. The molecule has 25 heavy (non-hydrogen) atoms. The van der Waals surface area contributed by atoms with Crippen LogP contribution >= 0.6 is 0 Å². The van der Waals surface area contributed by atoms with Gasteiger partial charge in [-0.2, -0.15) is 0 Å². The van der Waals surface area contributed by atoms with E-state index >= 15 is 0 Å². The monoisotopic (exact) mass is 340 g/mol. The minimum atomic E-state index is -0.360. The fourth-order valence-electron chi connectivity index (χ4n) is 2.97. The molecule has 0 bridgehead atoms. The van der Waals surface area contributed by atoms with Gasteiger partial charge in [-0.3, -0.25) is 9.59 Å². The first kappa shape index (κ1) is 17.4. The zero-order chi connectivity index (χ0) is 17.5. The lowest BCUT2D eigenvalue weighted by molar-refractivity contribution is 0.0950. The highest BCUT2D eigenvalue weighted by molar-refractivity contribution is 5.94. The summed E-state index contributed by atoms with van der Waals surface area (Å²) in [6.45, 7) is 5.68. The summed E-state index contributed by atoms with van der Waals surface area (Å²) in [5, 5.41) is 6.16. The molecule has 1 aliphatic heterocycles. The molecule has 1 aromatic heterocycles. The Morgan fingerprint density at radius 1 is 1.08 bits per heavy atom. The third-order valence-electron chi connectivity index (χ3n) is 4.39. The molecule has 2 aromatic rings.